The molecule has 0 saturated heterocycles. The first-order valence-electron chi connectivity index (χ1n) is 7.27. The van der Waals surface area contributed by atoms with E-state index in [-0.39, 0.29) is 24.8 Å². The Kier molecular flexibility index (Phi) is 4.33. The largest absolute Gasteiger partial charge is 0.481 e. The molecule has 6 nitrogen and oxygen atoms in total. The second kappa shape index (κ2) is 6.57. The van der Waals surface area contributed by atoms with Gasteiger partial charge in [-0.2, -0.15) is 0 Å². The zero-order chi connectivity index (χ0) is 17.1. The number of nitrogens with one attached hydrogen (secondary N) is 1. The molecular weight excluding hydrogens is 315 g/mol. The van der Waals surface area contributed by atoms with Gasteiger partial charge in [0.15, 0.2) is 23.8 Å². The molecule has 0 aliphatic rings. The number of fused-ring (bicyclic) bond motifs is 1. The van der Waals surface area contributed by atoms with Gasteiger partial charge in [-0.15, -0.1) is 0 Å². The molecule has 1 N–H and O–H groups in total. The topological polar surface area (TPSA) is 73.5 Å². The summed E-state index contributed by atoms with van der Waals surface area (Å²) in [5.74, 6) is -1.30. The summed E-state index contributed by atoms with van der Waals surface area (Å²) in [6.45, 7) is -0.0256. The number of aryl methyl sites for hydroxylation is 1. The fourth-order valence-corrected chi connectivity index (χ4v) is 2.24. The van der Waals surface area contributed by atoms with Crippen LogP contribution in [0.15, 0.2) is 51.7 Å². The normalized spacial score (nSPS) is 10.8. The molecule has 0 aliphatic carbocycles. The number of amides is 1. The average molecular weight is 330 g/mol. The molecule has 7 heteroatoms. The predicted molar refractivity (Wildman–Crippen MR) is 85.2 cm³/mol. The smallest absolute Gasteiger partial charge is 0.419 e. The fraction of sp³-hybridized carbons (Fsp3) is 0.176. The highest BCUT2D eigenvalue weighted by Crippen LogP contribution is 2.15. The van der Waals surface area contributed by atoms with Crippen molar-refractivity contribution in [2.75, 3.05) is 6.61 Å². The van der Waals surface area contributed by atoms with E-state index in [1.807, 2.05) is 0 Å². The van der Waals surface area contributed by atoms with Crippen molar-refractivity contribution >= 4 is 17.0 Å². The number of benzene rings is 2. The van der Waals surface area contributed by atoms with Crippen LogP contribution in [-0.4, -0.2) is 17.1 Å². The predicted octanol–water partition coefficient (Wildman–Crippen LogP) is 1.97. The average Bonchev–Trinajstić information content (AvgIpc) is 2.86. The van der Waals surface area contributed by atoms with Crippen molar-refractivity contribution in [3.8, 4) is 5.75 Å². The monoisotopic (exact) mass is 330 g/mol. The van der Waals surface area contributed by atoms with Crippen molar-refractivity contribution in [3.63, 3.8) is 0 Å². The molecule has 24 heavy (non-hydrogen) atoms. The number of halogens is 1. The number of oxazole rings is 1. The molecule has 0 bridgehead atoms. The lowest BCUT2D eigenvalue weighted by Gasteiger charge is -2.08. The Balaban J connectivity index is 1.59. The lowest BCUT2D eigenvalue weighted by Crippen LogP contribution is -2.28. The summed E-state index contributed by atoms with van der Waals surface area (Å²) in [7, 11) is 1.61. The van der Waals surface area contributed by atoms with Crippen LogP contribution in [0.25, 0.3) is 11.1 Å². The van der Waals surface area contributed by atoms with E-state index >= 15 is 0 Å². The summed E-state index contributed by atoms with van der Waals surface area (Å²) in [5.41, 5.74) is 1.94. The summed E-state index contributed by atoms with van der Waals surface area (Å²) < 4.78 is 25.0. The van der Waals surface area contributed by atoms with Crippen LogP contribution in [0.3, 0.4) is 0 Å². The second-order valence-corrected chi connectivity index (χ2v) is 5.22. The summed E-state index contributed by atoms with van der Waals surface area (Å²) in [4.78, 5) is 23.2. The summed E-state index contributed by atoms with van der Waals surface area (Å²) >= 11 is 0. The van der Waals surface area contributed by atoms with Crippen LogP contribution in [-0.2, 0) is 18.4 Å². The molecule has 1 amide bonds. The van der Waals surface area contributed by atoms with Gasteiger partial charge < -0.3 is 14.5 Å². The molecule has 0 aliphatic heterocycles. The van der Waals surface area contributed by atoms with Crippen LogP contribution in [0.4, 0.5) is 4.39 Å². The molecule has 3 aromatic rings. The van der Waals surface area contributed by atoms with Gasteiger partial charge in [0.05, 0.1) is 5.52 Å². The number of ether oxygens (including phenoxy) is 1. The minimum Gasteiger partial charge on any atom is -0.481 e. The van der Waals surface area contributed by atoms with Gasteiger partial charge >= 0.3 is 5.76 Å². The quantitative estimate of drug-likeness (QED) is 0.776. The van der Waals surface area contributed by atoms with Crippen LogP contribution in [0.2, 0.25) is 0 Å². The Hall–Kier alpha value is -3.09. The highest BCUT2D eigenvalue weighted by molar-refractivity contribution is 5.78. The molecule has 0 spiro atoms. The molecule has 124 valence electrons. The minimum absolute atomic E-state index is 0.0301. The number of nitrogens with zero attached hydrogens (tertiary/aromatic N) is 1. The molecular formula is C17H15FN2O4. The summed E-state index contributed by atoms with van der Waals surface area (Å²) in [6.07, 6.45) is 0. The first kappa shape index (κ1) is 15.8. The molecule has 1 aromatic heterocycles. The van der Waals surface area contributed by atoms with Gasteiger partial charge in [0, 0.05) is 13.6 Å². The number of aromatic nitrogens is 1. The highest BCUT2D eigenvalue weighted by Gasteiger charge is 2.09. The van der Waals surface area contributed by atoms with E-state index in [1.165, 1.54) is 16.7 Å². The molecule has 0 unspecified atom stereocenters. The lowest BCUT2D eigenvalue weighted by atomic mass is 10.2. The maximum atomic E-state index is 13.4. The van der Waals surface area contributed by atoms with E-state index in [4.69, 9.17) is 9.15 Å². The molecule has 0 fully saturated rings. The third kappa shape index (κ3) is 3.29. The van der Waals surface area contributed by atoms with Crippen LogP contribution < -0.4 is 15.8 Å². The maximum absolute atomic E-state index is 13.4. The summed E-state index contributed by atoms with van der Waals surface area (Å²) in [6, 6.07) is 11.1. The van der Waals surface area contributed by atoms with E-state index < -0.39 is 11.6 Å². The second-order valence-electron chi connectivity index (χ2n) is 5.22. The number of hydrogen-bond donors (Lipinski definition) is 1. The van der Waals surface area contributed by atoms with E-state index in [9.17, 15) is 14.0 Å². The molecule has 0 atom stereocenters. The number of carbonyl (C=O) groups excluding carboxylic acids is 1. The van der Waals surface area contributed by atoms with Gasteiger partial charge in [0.25, 0.3) is 5.91 Å². The van der Waals surface area contributed by atoms with E-state index in [2.05, 4.69) is 5.32 Å². The van der Waals surface area contributed by atoms with Crippen LogP contribution in [0.1, 0.15) is 5.56 Å². The Morgan fingerprint density at radius 1 is 1.29 bits per heavy atom. The van der Waals surface area contributed by atoms with Gasteiger partial charge in [0.2, 0.25) is 0 Å². The first-order valence-corrected chi connectivity index (χ1v) is 7.27. The van der Waals surface area contributed by atoms with E-state index in [1.54, 1.807) is 37.4 Å². The Morgan fingerprint density at radius 3 is 2.88 bits per heavy atom. The van der Waals surface area contributed by atoms with Gasteiger partial charge in [-0.25, -0.2) is 9.18 Å². The third-order valence-electron chi connectivity index (χ3n) is 3.54. The summed E-state index contributed by atoms with van der Waals surface area (Å²) in [5, 5.41) is 2.68. The van der Waals surface area contributed by atoms with Gasteiger partial charge in [0.1, 0.15) is 0 Å². The Morgan fingerprint density at radius 2 is 2.08 bits per heavy atom. The van der Waals surface area contributed by atoms with Crippen LogP contribution in [0.5, 0.6) is 5.75 Å². The van der Waals surface area contributed by atoms with Crippen molar-refractivity contribution in [1.82, 2.24) is 9.88 Å². The van der Waals surface area contributed by atoms with E-state index in [0.717, 1.165) is 5.56 Å². The zero-order valence-corrected chi connectivity index (χ0v) is 12.9. The van der Waals surface area contributed by atoms with Crippen molar-refractivity contribution in [3.05, 3.63) is 64.4 Å². The molecule has 1 heterocycles. The van der Waals surface area contributed by atoms with Crippen molar-refractivity contribution in [2.24, 2.45) is 7.05 Å². The Bertz CT molecular complexity index is 945. The molecule has 3 rings (SSSR count). The van der Waals surface area contributed by atoms with Crippen molar-refractivity contribution < 1.29 is 18.3 Å². The molecule has 0 radical (unpaired) electrons. The third-order valence-corrected chi connectivity index (χ3v) is 3.54. The molecule has 2 aromatic carbocycles. The number of hydrogen-bond acceptors (Lipinski definition) is 4. The van der Waals surface area contributed by atoms with Crippen molar-refractivity contribution in [1.29, 1.82) is 0 Å². The number of rotatable bonds is 5. The van der Waals surface area contributed by atoms with Gasteiger partial charge in [-0.05, 0) is 29.8 Å². The maximum Gasteiger partial charge on any atom is 0.419 e. The molecule has 0 saturated carbocycles. The number of para-hydroxylation sites is 1. The fourth-order valence-electron chi connectivity index (χ4n) is 2.24. The van der Waals surface area contributed by atoms with Crippen LogP contribution in [0, 0.1) is 5.82 Å². The Labute approximate surface area is 136 Å². The van der Waals surface area contributed by atoms with Gasteiger partial charge in [-0.3, -0.25) is 9.36 Å². The first-order chi connectivity index (χ1) is 11.5. The highest BCUT2D eigenvalue weighted by atomic mass is 19.1. The standard InChI is InChI=1S/C17H15FN2O4/c1-20-13-8-11(6-7-15(13)24-17(20)22)9-19-16(21)10-23-14-5-3-2-4-12(14)18/h2-8H,9-10H2,1H3,(H,19,21). The zero-order valence-electron chi connectivity index (χ0n) is 12.9. The van der Waals surface area contributed by atoms with E-state index in [0.29, 0.717) is 11.1 Å². The van der Waals surface area contributed by atoms with Gasteiger partial charge in [-0.1, -0.05) is 18.2 Å². The number of carbonyl (C=O) groups is 1. The SMILES string of the molecule is Cn1c(=O)oc2ccc(CNC(=O)COc3ccccc3F)cc21. The minimum atomic E-state index is -0.517. The van der Waals surface area contributed by atoms with Crippen LogP contribution >= 0.6 is 0 Å². The lowest BCUT2D eigenvalue weighted by molar-refractivity contribution is -0.123. The van der Waals surface area contributed by atoms with Crippen molar-refractivity contribution in [2.45, 2.75) is 6.54 Å².